The molecule has 0 spiro atoms. The van der Waals surface area contributed by atoms with E-state index >= 15 is 0 Å². The molecule has 2 aromatic rings. The molecule has 0 aliphatic carbocycles. The highest BCUT2D eigenvalue weighted by Crippen LogP contribution is 2.25. The van der Waals surface area contributed by atoms with Crippen LogP contribution in [0.4, 0.5) is 11.1 Å². The Morgan fingerprint density at radius 3 is 2.53 bits per heavy atom. The van der Waals surface area contributed by atoms with Gasteiger partial charge in [-0.2, -0.15) is 0 Å². The van der Waals surface area contributed by atoms with Crippen LogP contribution >= 0.6 is 11.3 Å². The number of hydrogen-bond donors (Lipinski definition) is 2. The lowest BCUT2D eigenvalue weighted by Gasteiger charge is -2.03. The van der Waals surface area contributed by atoms with Crippen LogP contribution in [0.15, 0.2) is 22.7 Å². The quantitative estimate of drug-likeness (QED) is 0.846. The average molecular weight is 271 g/mol. The van der Waals surface area contributed by atoms with E-state index in [0.717, 1.165) is 11.3 Å². The summed E-state index contributed by atoms with van der Waals surface area (Å²) in [5.41, 5.74) is 5.81. The lowest BCUT2D eigenvalue weighted by atomic mass is 10.6. The number of nitrogens with zero attached hydrogens (tertiary/aromatic N) is 3. The largest absolute Gasteiger partial charge is 0.375 e. The molecule has 0 fully saturated rings. The first-order valence-electron chi connectivity index (χ1n) is 4.52. The van der Waals surface area contributed by atoms with Crippen molar-refractivity contribution in [2.24, 2.45) is 0 Å². The third-order valence-electron chi connectivity index (χ3n) is 1.81. The number of nitrogens with two attached hydrogens (primary N) is 1. The summed E-state index contributed by atoms with van der Waals surface area (Å²) in [6, 6.07) is 1.59. The molecule has 0 saturated carbocycles. The molecule has 9 heteroatoms. The minimum absolute atomic E-state index is 0.0128. The first kappa shape index (κ1) is 11.7. The number of hydrogen-bond acceptors (Lipinski definition) is 7. The van der Waals surface area contributed by atoms with E-state index in [1.165, 1.54) is 12.4 Å². The molecule has 0 radical (unpaired) electrons. The predicted molar refractivity (Wildman–Crippen MR) is 64.1 cm³/mol. The molecule has 0 aliphatic heterocycles. The highest BCUT2D eigenvalue weighted by atomic mass is 32.2. The monoisotopic (exact) mass is 271 g/mol. The summed E-state index contributed by atoms with van der Waals surface area (Å²) in [6.45, 7) is 1.58. The Labute approximate surface area is 102 Å². The smallest absolute Gasteiger partial charge is 0.275 e. The van der Waals surface area contributed by atoms with Crippen molar-refractivity contribution in [3.05, 3.63) is 24.2 Å². The Morgan fingerprint density at radius 1 is 1.35 bits per heavy atom. The molecular formula is C8H9N5O2S2. The molecule has 0 amide bonds. The number of aromatic nitrogens is 3. The van der Waals surface area contributed by atoms with E-state index in [9.17, 15) is 8.42 Å². The van der Waals surface area contributed by atoms with Crippen molar-refractivity contribution in [3.63, 3.8) is 0 Å². The van der Waals surface area contributed by atoms with E-state index in [1.807, 2.05) is 0 Å². The first-order chi connectivity index (χ1) is 7.99. The van der Waals surface area contributed by atoms with Crippen molar-refractivity contribution in [3.8, 4) is 0 Å². The molecule has 0 atom stereocenters. The van der Waals surface area contributed by atoms with Gasteiger partial charge in [0.1, 0.15) is 0 Å². The van der Waals surface area contributed by atoms with Crippen LogP contribution in [0, 0.1) is 6.92 Å². The van der Waals surface area contributed by atoms with Crippen LogP contribution in [0.5, 0.6) is 0 Å². The van der Waals surface area contributed by atoms with Crippen LogP contribution in [-0.4, -0.2) is 23.4 Å². The van der Waals surface area contributed by atoms with Gasteiger partial charge < -0.3 is 5.73 Å². The summed E-state index contributed by atoms with van der Waals surface area (Å²) in [7, 11) is -3.72. The van der Waals surface area contributed by atoms with Crippen molar-refractivity contribution in [1.82, 2.24) is 15.0 Å². The van der Waals surface area contributed by atoms with Crippen LogP contribution in [0.3, 0.4) is 0 Å². The van der Waals surface area contributed by atoms with Gasteiger partial charge in [0, 0.05) is 12.4 Å². The maximum Gasteiger partial charge on any atom is 0.275 e. The van der Waals surface area contributed by atoms with Crippen LogP contribution < -0.4 is 10.5 Å². The molecule has 17 heavy (non-hydrogen) atoms. The molecule has 3 N–H and O–H groups in total. The summed E-state index contributed by atoms with van der Waals surface area (Å²) >= 11 is 0.901. The fourth-order valence-corrected chi connectivity index (χ4v) is 3.43. The summed E-state index contributed by atoms with van der Waals surface area (Å²) in [4.78, 5) is 11.4. The molecule has 0 bridgehead atoms. The fraction of sp³-hybridized carbons (Fsp3) is 0.125. The fourth-order valence-electron chi connectivity index (χ4n) is 1.17. The number of sulfonamides is 1. The predicted octanol–water partition coefficient (Wildman–Crippen LogP) is 0.625. The highest BCUT2D eigenvalue weighted by Gasteiger charge is 2.22. The number of nitrogen functional groups attached to an aromatic ring is 1. The zero-order valence-corrected chi connectivity index (χ0v) is 10.4. The lowest BCUT2D eigenvalue weighted by Crippen LogP contribution is -2.14. The maximum atomic E-state index is 12.0. The maximum absolute atomic E-state index is 12.0. The molecule has 0 saturated heterocycles. The van der Waals surface area contributed by atoms with Crippen molar-refractivity contribution in [2.75, 3.05) is 10.5 Å². The van der Waals surface area contributed by atoms with E-state index in [0.29, 0.717) is 5.69 Å². The molecular weight excluding hydrogens is 262 g/mol. The Morgan fingerprint density at radius 2 is 2.00 bits per heavy atom. The van der Waals surface area contributed by atoms with Crippen molar-refractivity contribution < 1.29 is 8.42 Å². The number of thiazole rings is 1. The number of anilines is 2. The van der Waals surface area contributed by atoms with Gasteiger partial charge in [0.2, 0.25) is 5.95 Å². The molecule has 0 unspecified atom stereocenters. The first-order valence-corrected chi connectivity index (χ1v) is 6.82. The zero-order chi connectivity index (χ0) is 12.5. The van der Waals surface area contributed by atoms with Crippen LogP contribution in [0.1, 0.15) is 5.69 Å². The summed E-state index contributed by atoms with van der Waals surface area (Å²) in [5, 5.41) is 0.205. The molecule has 7 nitrogen and oxygen atoms in total. The summed E-state index contributed by atoms with van der Waals surface area (Å²) in [6.07, 6.45) is 2.89. The van der Waals surface area contributed by atoms with Crippen LogP contribution in [-0.2, 0) is 10.0 Å². The second-order valence-electron chi connectivity index (χ2n) is 3.10. The third kappa shape index (κ3) is 2.50. The van der Waals surface area contributed by atoms with E-state index in [1.54, 1.807) is 13.0 Å². The summed E-state index contributed by atoms with van der Waals surface area (Å²) < 4.78 is 26.2. The van der Waals surface area contributed by atoms with E-state index in [-0.39, 0.29) is 15.3 Å². The zero-order valence-electron chi connectivity index (χ0n) is 8.78. The van der Waals surface area contributed by atoms with Gasteiger partial charge in [-0.1, -0.05) is 11.3 Å². The molecule has 0 aliphatic rings. The topological polar surface area (TPSA) is 111 Å². The third-order valence-corrected chi connectivity index (χ3v) is 4.73. The Kier molecular flexibility index (Phi) is 2.94. The van der Waals surface area contributed by atoms with Gasteiger partial charge >= 0.3 is 0 Å². The van der Waals surface area contributed by atoms with Gasteiger partial charge in [0.25, 0.3) is 10.0 Å². The minimum Gasteiger partial charge on any atom is -0.375 e. The van der Waals surface area contributed by atoms with E-state index < -0.39 is 10.0 Å². The van der Waals surface area contributed by atoms with E-state index in [4.69, 9.17) is 5.73 Å². The average Bonchev–Trinajstić information content (AvgIpc) is 2.59. The number of nitrogens with one attached hydrogen (secondary N) is 1. The SMILES string of the molecule is Cc1nc(N)sc1S(=O)(=O)Nc1ncccn1. The van der Waals surface area contributed by atoms with Gasteiger partial charge in [-0.3, -0.25) is 0 Å². The van der Waals surface area contributed by atoms with Crippen LogP contribution in [0.2, 0.25) is 0 Å². The van der Waals surface area contributed by atoms with Crippen molar-refractivity contribution in [1.29, 1.82) is 0 Å². The van der Waals surface area contributed by atoms with Gasteiger partial charge in [0.05, 0.1) is 5.69 Å². The number of rotatable bonds is 3. The van der Waals surface area contributed by atoms with Gasteiger partial charge in [-0.15, -0.1) is 0 Å². The molecule has 2 aromatic heterocycles. The highest BCUT2D eigenvalue weighted by molar-refractivity contribution is 7.94. The Bertz CT molecular complexity index is 623. The van der Waals surface area contributed by atoms with Gasteiger partial charge in [-0.05, 0) is 13.0 Å². The molecule has 90 valence electrons. The van der Waals surface area contributed by atoms with Crippen molar-refractivity contribution >= 4 is 32.4 Å². The molecule has 2 rings (SSSR count). The Hall–Kier alpha value is -1.74. The standard InChI is InChI=1S/C8H9N5O2S2/c1-5-6(16-7(9)12-5)17(14,15)13-8-10-3-2-4-11-8/h2-4H,1H3,(H2,9,12)(H,10,11,13). The molecule has 2 heterocycles. The van der Waals surface area contributed by atoms with Gasteiger partial charge in [0.15, 0.2) is 9.34 Å². The van der Waals surface area contributed by atoms with Crippen LogP contribution in [0.25, 0.3) is 0 Å². The normalized spacial score (nSPS) is 11.4. The molecule has 0 aromatic carbocycles. The van der Waals surface area contributed by atoms with Gasteiger partial charge in [-0.25, -0.2) is 28.1 Å². The van der Waals surface area contributed by atoms with E-state index in [2.05, 4.69) is 19.7 Å². The lowest BCUT2D eigenvalue weighted by molar-refractivity contribution is 0.602. The minimum atomic E-state index is -3.72. The Balaban J connectivity index is 2.35. The second kappa shape index (κ2) is 4.26. The number of aryl methyl sites for hydroxylation is 1. The summed E-state index contributed by atoms with van der Waals surface area (Å²) in [5.74, 6) is 0.0128. The second-order valence-corrected chi connectivity index (χ2v) is 6.01. The van der Waals surface area contributed by atoms with Crippen molar-refractivity contribution in [2.45, 2.75) is 11.1 Å².